The summed E-state index contributed by atoms with van der Waals surface area (Å²) in [4.78, 5) is 65.0. The van der Waals surface area contributed by atoms with E-state index in [2.05, 4.69) is 0 Å². The number of hydrogen-bond donors (Lipinski definition) is 2. The largest absolute Gasteiger partial charge is 0.459 e. The minimum atomic E-state index is -2.59. The van der Waals surface area contributed by atoms with Crippen LogP contribution in [0.5, 0.6) is 0 Å². The molecule has 12 heteroatoms. The molecule has 2 fully saturated rings. The molecule has 1 aliphatic heterocycles. The Morgan fingerprint density at radius 1 is 1.07 bits per heavy atom. The van der Waals surface area contributed by atoms with E-state index in [9.17, 15) is 34.2 Å². The Balaban J connectivity index is 2.34. The van der Waals surface area contributed by atoms with E-state index in [1.54, 1.807) is 40.7 Å². The van der Waals surface area contributed by atoms with Gasteiger partial charge in [0.05, 0.1) is 11.8 Å². The molecule has 44 heavy (non-hydrogen) atoms. The van der Waals surface area contributed by atoms with Crippen molar-refractivity contribution in [1.29, 1.82) is 0 Å². The van der Waals surface area contributed by atoms with E-state index in [1.807, 2.05) is 13.8 Å². The smallest absolute Gasteiger partial charge is 0.341 e. The predicted octanol–water partition coefficient (Wildman–Crippen LogP) is 2.86. The Hall–Kier alpha value is -3.25. The molecule has 12 nitrogen and oxygen atoms in total. The molecule has 1 saturated heterocycles. The quantitative estimate of drug-likeness (QED) is 0.167. The molecule has 0 spiro atoms. The normalized spacial score (nSPS) is 35.7. The van der Waals surface area contributed by atoms with Crippen LogP contribution in [0.2, 0.25) is 0 Å². The lowest BCUT2D eigenvalue weighted by atomic mass is 9.75. The van der Waals surface area contributed by atoms with Gasteiger partial charge in [-0.25, -0.2) is 9.59 Å². The number of fused-ring (bicyclic) bond motifs is 3. The fraction of sp³-hybridized carbons (Fsp3) is 0.719. The van der Waals surface area contributed by atoms with Crippen molar-refractivity contribution in [3.63, 3.8) is 0 Å². The number of allylic oxidation sites excluding steroid dienone is 1. The molecule has 246 valence electrons. The molecular formula is C32H46O12. The molecule has 0 aromatic rings. The van der Waals surface area contributed by atoms with Gasteiger partial charge in [-0.1, -0.05) is 33.8 Å². The highest BCUT2D eigenvalue weighted by atomic mass is 16.6. The van der Waals surface area contributed by atoms with Gasteiger partial charge in [0.25, 0.3) is 0 Å². The lowest BCUT2D eigenvalue weighted by Crippen LogP contribution is -2.64. The van der Waals surface area contributed by atoms with Crippen molar-refractivity contribution in [2.75, 3.05) is 0 Å². The molecule has 9 unspecified atom stereocenters. The van der Waals surface area contributed by atoms with E-state index in [4.69, 9.17) is 23.7 Å². The zero-order valence-corrected chi connectivity index (χ0v) is 27.2. The van der Waals surface area contributed by atoms with Crippen molar-refractivity contribution in [3.05, 3.63) is 22.8 Å². The topological polar surface area (TPSA) is 172 Å². The van der Waals surface area contributed by atoms with Gasteiger partial charge in [0.15, 0.2) is 29.5 Å². The summed E-state index contributed by atoms with van der Waals surface area (Å²) in [6.45, 7) is 15.5. The number of rotatable bonds is 9. The molecular weight excluding hydrogens is 576 g/mol. The standard InChI is InChI=1S/C32H46O12/c1-11-16(5)27(35)40-20-14-30(9,44-19(8)33)23-22(26-32(20,39)31(10,38)29(37)43-26)18(7)24(42-28(36)17(6)12-2)25(23)41-21(34)13-15(3)4/h12,15-16,20,23-26,38-39H,11,13-14H2,1-10H3/b17-12+. The Morgan fingerprint density at radius 3 is 2.20 bits per heavy atom. The van der Waals surface area contributed by atoms with Crippen LogP contribution in [0, 0.1) is 17.8 Å². The van der Waals surface area contributed by atoms with Crippen molar-refractivity contribution >= 4 is 29.8 Å². The van der Waals surface area contributed by atoms with Crippen molar-refractivity contribution in [2.45, 2.75) is 130 Å². The average Bonchev–Trinajstić information content (AvgIpc) is 3.25. The highest BCUT2D eigenvalue weighted by Gasteiger charge is 2.76. The SMILES string of the molecule is C/C=C(\C)C(=O)OC1C(C)=C2C(C1OC(=O)CC(C)C)C(C)(OC(C)=O)CC(OC(=O)C(C)CC)C1(O)C2OC(=O)C1(C)O. The fourth-order valence-electron chi connectivity index (χ4n) is 6.35. The van der Waals surface area contributed by atoms with E-state index in [0.29, 0.717) is 6.42 Å². The van der Waals surface area contributed by atoms with Crippen LogP contribution in [-0.2, 0) is 47.7 Å². The Labute approximate surface area is 258 Å². The Morgan fingerprint density at radius 2 is 1.68 bits per heavy atom. The second kappa shape index (κ2) is 12.6. The van der Waals surface area contributed by atoms with Gasteiger partial charge in [0.2, 0.25) is 0 Å². The Bertz CT molecular complexity index is 1260. The first kappa shape index (κ1) is 35.2. The van der Waals surface area contributed by atoms with Crippen LogP contribution in [-0.4, -0.2) is 81.3 Å². The van der Waals surface area contributed by atoms with Crippen molar-refractivity contribution < 1.29 is 57.9 Å². The van der Waals surface area contributed by atoms with Crippen LogP contribution in [0.25, 0.3) is 0 Å². The first-order chi connectivity index (χ1) is 20.3. The molecule has 0 radical (unpaired) electrons. The first-order valence-electron chi connectivity index (χ1n) is 15.1. The zero-order chi connectivity index (χ0) is 33.5. The van der Waals surface area contributed by atoms with Gasteiger partial charge in [-0.2, -0.15) is 0 Å². The van der Waals surface area contributed by atoms with E-state index in [-0.39, 0.29) is 29.1 Å². The maximum absolute atomic E-state index is 13.2. The second-order valence-corrected chi connectivity index (χ2v) is 13.0. The molecule has 0 amide bonds. The summed E-state index contributed by atoms with van der Waals surface area (Å²) in [5.41, 5.74) is -6.19. The third kappa shape index (κ3) is 6.02. The van der Waals surface area contributed by atoms with Crippen LogP contribution in [0.15, 0.2) is 22.8 Å². The summed E-state index contributed by atoms with van der Waals surface area (Å²) in [6.07, 6.45) is -4.27. The van der Waals surface area contributed by atoms with Crippen molar-refractivity contribution in [3.8, 4) is 0 Å². The summed E-state index contributed by atoms with van der Waals surface area (Å²) in [7, 11) is 0. The third-order valence-electron chi connectivity index (χ3n) is 9.15. The van der Waals surface area contributed by atoms with Crippen LogP contribution in [0.4, 0.5) is 0 Å². The van der Waals surface area contributed by atoms with Crippen molar-refractivity contribution in [2.24, 2.45) is 17.8 Å². The Kier molecular flexibility index (Phi) is 10.1. The number of esters is 5. The van der Waals surface area contributed by atoms with Crippen molar-refractivity contribution in [1.82, 2.24) is 0 Å². The monoisotopic (exact) mass is 622 g/mol. The first-order valence-corrected chi connectivity index (χ1v) is 15.1. The predicted molar refractivity (Wildman–Crippen MR) is 154 cm³/mol. The van der Waals surface area contributed by atoms with Crippen LogP contribution in [0.3, 0.4) is 0 Å². The van der Waals surface area contributed by atoms with Crippen LogP contribution < -0.4 is 0 Å². The van der Waals surface area contributed by atoms with Gasteiger partial charge in [0.1, 0.15) is 11.7 Å². The molecule has 3 rings (SSSR count). The summed E-state index contributed by atoms with van der Waals surface area (Å²) in [5, 5.41) is 23.9. The number of ether oxygens (including phenoxy) is 5. The summed E-state index contributed by atoms with van der Waals surface area (Å²) in [6, 6.07) is 0. The molecule has 1 saturated carbocycles. The van der Waals surface area contributed by atoms with Crippen LogP contribution in [0.1, 0.15) is 88.5 Å². The number of aliphatic hydroxyl groups is 2. The molecule has 1 heterocycles. The molecule has 0 bridgehead atoms. The molecule has 3 aliphatic rings. The highest BCUT2D eigenvalue weighted by molar-refractivity contribution is 5.88. The lowest BCUT2D eigenvalue weighted by molar-refractivity contribution is -0.214. The average molecular weight is 623 g/mol. The van der Waals surface area contributed by atoms with Crippen LogP contribution >= 0.6 is 0 Å². The second-order valence-electron chi connectivity index (χ2n) is 13.0. The third-order valence-corrected chi connectivity index (χ3v) is 9.15. The molecule has 0 aromatic carbocycles. The lowest BCUT2D eigenvalue weighted by Gasteiger charge is -2.42. The zero-order valence-electron chi connectivity index (χ0n) is 27.2. The van der Waals surface area contributed by atoms with Gasteiger partial charge in [0, 0.05) is 25.3 Å². The maximum atomic E-state index is 13.2. The van der Waals surface area contributed by atoms with Gasteiger partial charge in [-0.3, -0.25) is 14.4 Å². The van der Waals surface area contributed by atoms with E-state index in [0.717, 1.165) is 6.92 Å². The van der Waals surface area contributed by atoms with E-state index in [1.165, 1.54) is 13.8 Å². The number of carbonyl (C=O) groups is 5. The minimum Gasteiger partial charge on any atom is -0.459 e. The van der Waals surface area contributed by atoms with Gasteiger partial charge < -0.3 is 33.9 Å². The highest BCUT2D eigenvalue weighted by Crippen LogP contribution is 2.57. The van der Waals surface area contributed by atoms with Gasteiger partial charge in [-0.05, 0) is 58.1 Å². The molecule has 0 aromatic heterocycles. The maximum Gasteiger partial charge on any atom is 0.341 e. The number of hydrogen-bond acceptors (Lipinski definition) is 12. The number of carbonyl (C=O) groups excluding carboxylic acids is 5. The molecule has 2 aliphatic carbocycles. The minimum absolute atomic E-state index is 0.0165. The summed E-state index contributed by atoms with van der Waals surface area (Å²) >= 11 is 0. The van der Waals surface area contributed by atoms with E-state index < -0.39 is 89.3 Å². The summed E-state index contributed by atoms with van der Waals surface area (Å²) in [5.74, 6) is -5.81. The molecule has 9 atom stereocenters. The van der Waals surface area contributed by atoms with Gasteiger partial charge in [-0.15, -0.1) is 0 Å². The van der Waals surface area contributed by atoms with E-state index >= 15 is 0 Å². The van der Waals surface area contributed by atoms with Gasteiger partial charge >= 0.3 is 29.8 Å². The fourth-order valence-corrected chi connectivity index (χ4v) is 6.35. The summed E-state index contributed by atoms with van der Waals surface area (Å²) < 4.78 is 29.2. The molecule has 2 N–H and O–H groups in total.